The van der Waals surface area contributed by atoms with Gasteiger partial charge in [-0.25, -0.2) is 4.98 Å². The first-order valence-electron chi connectivity index (χ1n) is 7.24. The minimum absolute atomic E-state index is 0.0176. The number of nitrogens with one attached hydrogen (secondary N) is 1. The van der Waals surface area contributed by atoms with Crippen molar-refractivity contribution >= 4 is 17.2 Å². The van der Waals surface area contributed by atoms with Crippen molar-refractivity contribution in [2.75, 3.05) is 13.7 Å². The zero-order valence-electron chi connectivity index (χ0n) is 13.6. The normalized spacial score (nSPS) is 10.8. The lowest BCUT2D eigenvalue weighted by Gasteiger charge is -2.11. The average molecular weight is 356 g/mol. The first-order valence-corrected chi connectivity index (χ1v) is 8.06. The molecule has 1 N–H and O–H groups in total. The molecule has 0 saturated carbocycles. The molecule has 1 aromatic carbocycles. The van der Waals surface area contributed by atoms with Crippen LogP contribution in [-0.4, -0.2) is 31.2 Å². The van der Waals surface area contributed by atoms with Crippen LogP contribution < -0.4 is 14.8 Å². The fourth-order valence-corrected chi connectivity index (χ4v) is 3.04. The molecule has 1 heterocycles. The number of methoxy groups -OCH3 is 1. The van der Waals surface area contributed by atoms with E-state index in [1.54, 1.807) is 19.1 Å². The van der Waals surface area contributed by atoms with Gasteiger partial charge >= 0.3 is 6.61 Å². The van der Waals surface area contributed by atoms with Gasteiger partial charge in [-0.1, -0.05) is 6.07 Å². The quantitative estimate of drug-likeness (QED) is 0.827. The fraction of sp³-hybridized carbons (Fsp3) is 0.375. The summed E-state index contributed by atoms with van der Waals surface area (Å²) in [6.07, 6.45) is 0.536. The fourth-order valence-electron chi connectivity index (χ4n) is 2.20. The minimum Gasteiger partial charge on any atom is -0.493 e. The van der Waals surface area contributed by atoms with Gasteiger partial charge in [0.1, 0.15) is 4.88 Å². The maximum Gasteiger partial charge on any atom is 0.387 e. The van der Waals surface area contributed by atoms with Gasteiger partial charge in [-0.3, -0.25) is 4.79 Å². The number of aryl methyl sites for hydroxylation is 2. The summed E-state index contributed by atoms with van der Waals surface area (Å²) in [6, 6.07) is 4.71. The highest BCUT2D eigenvalue weighted by Gasteiger charge is 2.14. The molecule has 2 rings (SSSR count). The van der Waals surface area contributed by atoms with Crippen molar-refractivity contribution in [2.45, 2.75) is 26.9 Å². The summed E-state index contributed by atoms with van der Waals surface area (Å²) in [6.45, 7) is 1.15. The number of thiazole rings is 1. The molecule has 130 valence electrons. The number of benzene rings is 1. The third kappa shape index (κ3) is 4.64. The van der Waals surface area contributed by atoms with Gasteiger partial charge in [0.05, 0.1) is 17.8 Å². The van der Waals surface area contributed by atoms with E-state index in [4.69, 9.17) is 4.74 Å². The number of hydrogen-bond donors (Lipinski definition) is 1. The summed E-state index contributed by atoms with van der Waals surface area (Å²) >= 11 is 1.35. The van der Waals surface area contributed by atoms with E-state index in [0.29, 0.717) is 23.5 Å². The second-order valence-electron chi connectivity index (χ2n) is 5.02. The van der Waals surface area contributed by atoms with E-state index in [-0.39, 0.29) is 17.4 Å². The van der Waals surface area contributed by atoms with Crippen LogP contribution in [0.2, 0.25) is 0 Å². The molecule has 0 spiro atoms. The number of rotatable bonds is 7. The van der Waals surface area contributed by atoms with E-state index < -0.39 is 6.61 Å². The lowest BCUT2D eigenvalue weighted by molar-refractivity contribution is -0.0512. The molecule has 8 heteroatoms. The second kappa shape index (κ2) is 8.05. The van der Waals surface area contributed by atoms with Gasteiger partial charge in [-0.2, -0.15) is 8.78 Å². The molecule has 0 bridgehead atoms. The van der Waals surface area contributed by atoms with Crippen LogP contribution >= 0.6 is 11.3 Å². The number of halogens is 2. The number of aromatic nitrogens is 1. The Labute approximate surface area is 142 Å². The molecule has 1 aromatic heterocycles. The third-order valence-electron chi connectivity index (χ3n) is 3.25. The molecule has 0 saturated heterocycles. The molecule has 1 amide bonds. The number of carbonyl (C=O) groups excluding carboxylic acids is 1. The van der Waals surface area contributed by atoms with E-state index in [2.05, 4.69) is 15.0 Å². The zero-order chi connectivity index (χ0) is 17.7. The molecular weight excluding hydrogens is 338 g/mol. The SMILES string of the molecule is COc1cc(CCNC(=O)c2sc(C)nc2C)ccc1OC(F)F. The largest absolute Gasteiger partial charge is 0.493 e. The molecule has 0 aliphatic heterocycles. The Hall–Kier alpha value is -2.22. The van der Waals surface area contributed by atoms with Gasteiger partial charge < -0.3 is 14.8 Å². The van der Waals surface area contributed by atoms with Crippen LogP contribution in [0.25, 0.3) is 0 Å². The number of carbonyl (C=O) groups is 1. The lowest BCUT2D eigenvalue weighted by Crippen LogP contribution is -2.25. The van der Waals surface area contributed by atoms with Gasteiger partial charge in [0, 0.05) is 6.54 Å². The van der Waals surface area contributed by atoms with Crippen molar-refractivity contribution < 1.29 is 23.0 Å². The Morgan fingerprint density at radius 3 is 2.67 bits per heavy atom. The Balaban J connectivity index is 1.94. The molecule has 0 aliphatic carbocycles. The second-order valence-corrected chi connectivity index (χ2v) is 6.22. The van der Waals surface area contributed by atoms with Crippen molar-refractivity contribution in [1.82, 2.24) is 10.3 Å². The summed E-state index contributed by atoms with van der Waals surface area (Å²) in [7, 11) is 1.38. The van der Waals surface area contributed by atoms with Crippen LogP contribution in [0.4, 0.5) is 8.78 Å². The van der Waals surface area contributed by atoms with Crippen LogP contribution in [0.15, 0.2) is 18.2 Å². The highest BCUT2D eigenvalue weighted by Crippen LogP contribution is 2.29. The molecule has 0 unspecified atom stereocenters. The monoisotopic (exact) mass is 356 g/mol. The molecule has 0 radical (unpaired) electrons. The van der Waals surface area contributed by atoms with E-state index in [1.807, 2.05) is 6.92 Å². The van der Waals surface area contributed by atoms with Crippen LogP contribution in [0.3, 0.4) is 0 Å². The maximum atomic E-state index is 12.3. The molecule has 24 heavy (non-hydrogen) atoms. The number of hydrogen-bond acceptors (Lipinski definition) is 5. The summed E-state index contributed by atoms with van der Waals surface area (Å²) < 4.78 is 34.0. The predicted molar refractivity (Wildman–Crippen MR) is 87.3 cm³/mol. The summed E-state index contributed by atoms with van der Waals surface area (Å²) in [5.41, 5.74) is 1.55. The first-order chi connectivity index (χ1) is 11.4. The van der Waals surface area contributed by atoms with Crippen LogP contribution in [-0.2, 0) is 6.42 Å². The summed E-state index contributed by atoms with van der Waals surface area (Å²) in [4.78, 5) is 16.9. The van der Waals surface area contributed by atoms with Crippen LogP contribution in [0, 0.1) is 13.8 Å². The lowest BCUT2D eigenvalue weighted by atomic mass is 10.1. The van der Waals surface area contributed by atoms with Crippen molar-refractivity contribution in [2.24, 2.45) is 0 Å². The third-order valence-corrected chi connectivity index (χ3v) is 4.32. The molecule has 2 aromatic rings. The van der Waals surface area contributed by atoms with E-state index in [0.717, 1.165) is 10.6 Å². The van der Waals surface area contributed by atoms with E-state index >= 15 is 0 Å². The number of ether oxygens (including phenoxy) is 2. The molecule has 0 aliphatic rings. The minimum atomic E-state index is -2.91. The Bertz CT molecular complexity index is 719. The average Bonchev–Trinajstić information content (AvgIpc) is 2.86. The smallest absolute Gasteiger partial charge is 0.387 e. The van der Waals surface area contributed by atoms with Gasteiger partial charge in [0.15, 0.2) is 11.5 Å². The predicted octanol–water partition coefficient (Wildman–Crippen LogP) is 3.34. The van der Waals surface area contributed by atoms with Crippen molar-refractivity contribution in [3.8, 4) is 11.5 Å². The molecule has 0 atom stereocenters. The Kier molecular flexibility index (Phi) is 6.08. The van der Waals surface area contributed by atoms with Gasteiger partial charge in [0.2, 0.25) is 0 Å². The molecule has 0 fully saturated rings. The first kappa shape index (κ1) is 18.1. The van der Waals surface area contributed by atoms with E-state index in [9.17, 15) is 13.6 Å². The maximum absolute atomic E-state index is 12.3. The van der Waals surface area contributed by atoms with Gasteiger partial charge in [-0.15, -0.1) is 11.3 Å². The van der Waals surface area contributed by atoms with Crippen LogP contribution in [0.5, 0.6) is 11.5 Å². The van der Waals surface area contributed by atoms with Gasteiger partial charge in [-0.05, 0) is 38.0 Å². The Morgan fingerprint density at radius 2 is 2.08 bits per heavy atom. The number of nitrogens with zero attached hydrogens (tertiary/aromatic N) is 1. The number of alkyl halides is 2. The molecular formula is C16H18F2N2O3S. The van der Waals surface area contributed by atoms with Crippen LogP contribution in [0.1, 0.15) is 25.9 Å². The highest BCUT2D eigenvalue weighted by molar-refractivity contribution is 7.13. The van der Waals surface area contributed by atoms with Gasteiger partial charge in [0.25, 0.3) is 5.91 Å². The number of amides is 1. The van der Waals surface area contributed by atoms with Crippen molar-refractivity contribution in [3.63, 3.8) is 0 Å². The Morgan fingerprint density at radius 1 is 1.33 bits per heavy atom. The zero-order valence-corrected chi connectivity index (χ0v) is 14.4. The van der Waals surface area contributed by atoms with E-state index in [1.165, 1.54) is 24.5 Å². The summed E-state index contributed by atoms with van der Waals surface area (Å²) in [5, 5.41) is 3.67. The van der Waals surface area contributed by atoms with Crippen molar-refractivity contribution in [1.29, 1.82) is 0 Å². The standard InChI is InChI=1S/C16H18F2N2O3S/c1-9-14(24-10(2)20-9)15(21)19-7-6-11-4-5-12(23-16(17)18)13(8-11)22-3/h4-5,8,16H,6-7H2,1-3H3,(H,19,21). The molecule has 5 nitrogen and oxygen atoms in total. The topological polar surface area (TPSA) is 60.5 Å². The highest BCUT2D eigenvalue weighted by atomic mass is 32.1. The van der Waals surface area contributed by atoms with Crippen molar-refractivity contribution in [3.05, 3.63) is 39.3 Å². The summed E-state index contributed by atoms with van der Waals surface area (Å²) in [5.74, 6) is 0.0480.